The number of hydrogen-bond donors (Lipinski definition) is 3. The Balaban J connectivity index is 0.000000244. The largest absolute Gasteiger partial charge is 0.356 e. The fourth-order valence-electron chi connectivity index (χ4n) is 3.46. The van der Waals surface area contributed by atoms with Crippen LogP contribution in [0.2, 0.25) is 0 Å². The van der Waals surface area contributed by atoms with Crippen LogP contribution in [0, 0.1) is 11.8 Å². The summed E-state index contributed by atoms with van der Waals surface area (Å²) in [6.07, 6.45) is 1.69. The molecule has 2 fully saturated rings. The highest BCUT2D eigenvalue weighted by atomic mass is 16.2. The second-order valence-electron chi connectivity index (χ2n) is 7.22. The van der Waals surface area contributed by atoms with Crippen molar-refractivity contribution in [1.82, 2.24) is 20.9 Å². The molecule has 0 bridgehead atoms. The molecular weight excluding hydrogens is 340 g/mol. The number of benzene rings is 1. The highest BCUT2D eigenvalue weighted by Crippen LogP contribution is 2.20. The highest BCUT2D eigenvalue weighted by molar-refractivity contribution is 5.89. The maximum Gasteiger partial charge on any atom is 0.225 e. The van der Waals surface area contributed by atoms with E-state index in [1.54, 1.807) is 4.90 Å². The summed E-state index contributed by atoms with van der Waals surface area (Å²) < 4.78 is 0. The lowest BCUT2D eigenvalue weighted by molar-refractivity contribution is -0.129. The summed E-state index contributed by atoms with van der Waals surface area (Å²) in [5, 5.41) is 9.47. The molecule has 2 saturated heterocycles. The zero-order valence-electron chi connectivity index (χ0n) is 16.7. The second-order valence-corrected chi connectivity index (χ2v) is 7.22. The second kappa shape index (κ2) is 11.7. The van der Waals surface area contributed by atoms with Gasteiger partial charge in [0.05, 0.1) is 5.92 Å². The van der Waals surface area contributed by atoms with Crippen molar-refractivity contribution in [2.24, 2.45) is 11.8 Å². The molecule has 2 heterocycles. The molecule has 2 unspecified atom stereocenters. The van der Waals surface area contributed by atoms with Crippen molar-refractivity contribution in [3.63, 3.8) is 0 Å². The van der Waals surface area contributed by atoms with Crippen molar-refractivity contribution in [2.45, 2.75) is 33.2 Å². The van der Waals surface area contributed by atoms with Crippen LogP contribution >= 0.6 is 0 Å². The standard InChI is InChI=1S/C14H18N2O2.C7H16N2/c1-2-15-14(18)12-8-13(17)16(10-12)9-11-6-4-3-5-7-11;1-2-8-5-7-3-4-9-6-7/h3-7,12H,2,8-10H2,1H3,(H,15,18);7-9H,2-6H2,1H3. The summed E-state index contributed by atoms with van der Waals surface area (Å²) >= 11 is 0. The van der Waals surface area contributed by atoms with E-state index in [4.69, 9.17) is 0 Å². The Kier molecular flexibility index (Phi) is 9.28. The zero-order valence-corrected chi connectivity index (χ0v) is 16.7. The number of hydrogen-bond acceptors (Lipinski definition) is 4. The van der Waals surface area contributed by atoms with E-state index in [2.05, 4.69) is 22.9 Å². The summed E-state index contributed by atoms with van der Waals surface area (Å²) in [6.45, 7) is 10.5. The molecule has 0 aliphatic carbocycles. The molecular formula is C21H34N4O2. The van der Waals surface area contributed by atoms with Gasteiger partial charge in [0.2, 0.25) is 11.8 Å². The van der Waals surface area contributed by atoms with Gasteiger partial charge in [-0.15, -0.1) is 0 Å². The first-order valence-corrected chi connectivity index (χ1v) is 10.1. The van der Waals surface area contributed by atoms with Crippen LogP contribution in [0.25, 0.3) is 0 Å². The van der Waals surface area contributed by atoms with Crippen molar-refractivity contribution in [1.29, 1.82) is 0 Å². The Bertz CT molecular complexity index is 573. The zero-order chi connectivity index (χ0) is 19.5. The highest BCUT2D eigenvalue weighted by Gasteiger charge is 2.33. The number of carbonyl (C=O) groups excluding carboxylic acids is 2. The molecule has 6 nitrogen and oxygen atoms in total. The van der Waals surface area contributed by atoms with E-state index in [0.29, 0.717) is 26.1 Å². The van der Waals surface area contributed by atoms with Gasteiger partial charge in [0.25, 0.3) is 0 Å². The van der Waals surface area contributed by atoms with E-state index in [9.17, 15) is 9.59 Å². The fraction of sp³-hybridized carbons (Fsp3) is 0.619. The Morgan fingerprint density at radius 3 is 2.63 bits per heavy atom. The number of carbonyl (C=O) groups is 2. The third kappa shape index (κ3) is 7.31. The van der Waals surface area contributed by atoms with E-state index in [1.807, 2.05) is 37.3 Å². The van der Waals surface area contributed by atoms with Crippen molar-refractivity contribution < 1.29 is 9.59 Å². The topological polar surface area (TPSA) is 73.5 Å². The molecule has 3 N–H and O–H groups in total. The number of nitrogens with zero attached hydrogens (tertiary/aromatic N) is 1. The SMILES string of the molecule is CCNC(=O)C1CC(=O)N(Cc2ccccc2)C1.CCNCC1CCNC1. The smallest absolute Gasteiger partial charge is 0.225 e. The molecule has 0 aromatic heterocycles. The summed E-state index contributed by atoms with van der Waals surface area (Å²) in [5.41, 5.74) is 1.10. The van der Waals surface area contributed by atoms with Gasteiger partial charge in [0, 0.05) is 26.1 Å². The summed E-state index contributed by atoms with van der Waals surface area (Å²) in [6, 6.07) is 9.85. The molecule has 150 valence electrons. The first-order valence-electron chi connectivity index (χ1n) is 10.1. The summed E-state index contributed by atoms with van der Waals surface area (Å²) in [7, 11) is 0. The number of likely N-dealkylation sites (tertiary alicyclic amines) is 1. The maximum absolute atomic E-state index is 11.8. The van der Waals surface area contributed by atoms with Crippen LogP contribution in [0.4, 0.5) is 0 Å². The van der Waals surface area contributed by atoms with Crippen LogP contribution < -0.4 is 16.0 Å². The third-order valence-electron chi connectivity index (χ3n) is 5.00. The van der Waals surface area contributed by atoms with Crippen molar-refractivity contribution in [3.05, 3.63) is 35.9 Å². The minimum atomic E-state index is -0.193. The molecule has 1 aromatic carbocycles. The van der Waals surface area contributed by atoms with Gasteiger partial charge >= 0.3 is 0 Å². The number of nitrogens with one attached hydrogen (secondary N) is 3. The minimum absolute atomic E-state index is 0.0126. The molecule has 3 rings (SSSR count). The molecule has 2 amide bonds. The Morgan fingerprint density at radius 1 is 1.22 bits per heavy atom. The molecule has 2 aliphatic heterocycles. The first-order chi connectivity index (χ1) is 13.1. The van der Waals surface area contributed by atoms with Gasteiger partial charge in [-0.2, -0.15) is 0 Å². The Morgan fingerprint density at radius 2 is 2.00 bits per heavy atom. The fourth-order valence-corrected chi connectivity index (χ4v) is 3.46. The van der Waals surface area contributed by atoms with Gasteiger partial charge in [-0.25, -0.2) is 0 Å². The third-order valence-corrected chi connectivity index (χ3v) is 5.00. The van der Waals surface area contributed by atoms with E-state index < -0.39 is 0 Å². The average Bonchev–Trinajstić information content (AvgIpc) is 3.32. The van der Waals surface area contributed by atoms with E-state index in [1.165, 1.54) is 26.1 Å². The normalized spacial score (nSPS) is 21.7. The number of amides is 2. The maximum atomic E-state index is 11.8. The molecule has 2 atom stereocenters. The van der Waals surface area contributed by atoms with Crippen LogP contribution in [0.1, 0.15) is 32.3 Å². The minimum Gasteiger partial charge on any atom is -0.356 e. The van der Waals surface area contributed by atoms with Crippen LogP contribution in [0.15, 0.2) is 30.3 Å². The van der Waals surface area contributed by atoms with Crippen LogP contribution in [0.5, 0.6) is 0 Å². The van der Waals surface area contributed by atoms with Crippen molar-refractivity contribution >= 4 is 11.8 Å². The van der Waals surface area contributed by atoms with Crippen LogP contribution in [-0.4, -0.2) is 56.0 Å². The lowest BCUT2D eigenvalue weighted by Crippen LogP contribution is -2.32. The van der Waals surface area contributed by atoms with Crippen molar-refractivity contribution in [2.75, 3.05) is 39.3 Å². The molecule has 0 saturated carbocycles. The average molecular weight is 375 g/mol. The van der Waals surface area contributed by atoms with Gasteiger partial charge in [0.15, 0.2) is 0 Å². The van der Waals surface area contributed by atoms with Gasteiger partial charge < -0.3 is 20.9 Å². The van der Waals surface area contributed by atoms with Gasteiger partial charge in [-0.05, 0) is 51.0 Å². The van der Waals surface area contributed by atoms with E-state index in [0.717, 1.165) is 18.0 Å². The van der Waals surface area contributed by atoms with Crippen LogP contribution in [-0.2, 0) is 16.1 Å². The predicted octanol–water partition coefficient (Wildman–Crippen LogP) is 1.38. The first kappa shape index (κ1) is 21.4. The van der Waals surface area contributed by atoms with Crippen molar-refractivity contribution in [3.8, 4) is 0 Å². The molecule has 6 heteroatoms. The summed E-state index contributed by atoms with van der Waals surface area (Å²) in [5.74, 6) is 0.752. The molecule has 2 aliphatic rings. The van der Waals surface area contributed by atoms with Gasteiger partial charge in [-0.1, -0.05) is 37.3 Å². The molecule has 0 spiro atoms. The Labute approximate surface area is 163 Å². The van der Waals surface area contributed by atoms with E-state index in [-0.39, 0.29) is 17.7 Å². The van der Waals surface area contributed by atoms with Crippen LogP contribution in [0.3, 0.4) is 0 Å². The summed E-state index contributed by atoms with van der Waals surface area (Å²) in [4.78, 5) is 25.3. The van der Waals surface area contributed by atoms with Gasteiger partial charge in [0.1, 0.15) is 0 Å². The lowest BCUT2D eigenvalue weighted by atomic mass is 10.1. The monoisotopic (exact) mass is 374 g/mol. The lowest BCUT2D eigenvalue weighted by Gasteiger charge is -2.16. The predicted molar refractivity (Wildman–Crippen MR) is 108 cm³/mol. The van der Waals surface area contributed by atoms with E-state index >= 15 is 0 Å². The molecule has 1 aromatic rings. The van der Waals surface area contributed by atoms with Gasteiger partial charge in [-0.3, -0.25) is 9.59 Å². The Hall–Kier alpha value is -1.92. The number of rotatable bonds is 7. The molecule has 27 heavy (non-hydrogen) atoms. The quantitative estimate of drug-likeness (QED) is 0.674. The molecule has 0 radical (unpaired) electrons.